The smallest absolute Gasteiger partial charge is 0.328 e. The lowest BCUT2D eigenvalue weighted by Gasteiger charge is -2.19. The minimum absolute atomic E-state index is 0.0268. The van der Waals surface area contributed by atoms with Crippen LogP contribution in [0.3, 0.4) is 0 Å². The van der Waals surface area contributed by atoms with E-state index in [-0.39, 0.29) is 29.8 Å². The maximum atomic E-state index is 11.8. The Morgan fingerprint density at radius 2 is 1.94 bits per heavy atom. The zero-order valence-electron chi connectivity index (χ0n) is 11.1. The van der Waals surface area contributed by atoms with Gasteiger partial charge in [0.25, 0.3) is 0 Å². The number of nitrogens with zero attached hydrogens (tertiary/aromatic N) is 2. The van der Waals surface area contributed by atoms with Gasteiger partial charge in [0.05, 0.1) is 6.04 Å². The number of hydrogen-bond donors (Lipinski definition) is 1. The van der Waals surface area contributed by atoms with Crippen molar-refractivity contribution < 1.29 is 9.59 Å². The molecule has 6 nitrogen and oxygen atoms in total. The maximum absolute atomic E-state index is 11.8. The van der Waals surface area contributed by atoms with Gasteiger partial charge in [0.2, 0.25) is 5.91 Å². The Hall–Kier alpha value is -1.85. The molecular formula is C12H19N3O3. The van der Waals surface area contributed by atoms with Gasteiger partial charge >= 0.3 is 5.69 Å². The molecule has 0 saturated carbocycles. The van der Waals surface area contributed by atoms with Crippen molar-refractivity contribution in [2.45, 2.75) is 33.4 Å². The number of imidazole rings is 1. The highest BCUT2D eigenvalue weighted by atomic mass is 16.2. The quantitative estimate of drug-likeness (QED) is 0.797. The lowest BCUT2D eigenvalue weighted by Crippen LogP contribution is -2.45. The number of aromatic nitrogens is 2. The molecule has 1 unspecified atom stereocenters. The molecule has 0 saturated heterocycles. The van der Waals surface area contributed by atoms with Gasteiger partial charge in [0.15, 0.2) is 5.78 Å². The van der Waals surface area contributed by atoms with Gasteiger partial charge in [-0.3, -0.25) is 14.2 Å². The van der Waals surface area contributed by atoms with Crippen molar-refractivity contribution in [2.24, 2.45) is 13.0 Å². The van der Waals surface area contributed by atoms with Gasteiger partial charge < -0.3 is 9.88 Å². The molecule has 100 valence electrons. The molecule has 0 aliphatic rings. The van der Waals surface area contributed by atoms with Crippen molar-refractivity contribution in [3.63, 3.8) is 0 Å². The summed E-state index contributed by atoms with van der Waals surface area (Å²) >= 11 is 0. The van der Waals surface area contributed by atoms with Crippen molar-refractivity contribution in [2.75, 3.05) is 0 Å². The molecule has 0 aliphatic heterocycles. The average Bonchev–Trinajstić information content (AvgIpc) is 2.57. The van der Waals surface area contributed by atoms with E-state index in [9.17, 15) is 14.4 Å². The van der Waals surface area contributed by atoms with Crippen LogP contribution in [0.5, 0.6) is 0 Å². The van der Waals surface area contributed by atoms with E-state index in [2.05, 4.69) is 5.32 Å². The van der Waals surface area contributed by atoms with E-state index in [0.717, 1.165) is 0 Å². The molecule has 1 atom stereocenters. The van der Waals surface area contributed by atoms with E-state index < -0.39 is 6.04 Å². The molecule has 1 rings (SSSR count). The monoisotopic (exact) mass is 253 g/mol. The van der Waals surface area contributed by atoms with E-state index in [0.29, 0.717) is 0 Å². The van der Waals surface area contributed by atoms with Crippen LogP contribution in [0.15, 0.2) is 17.2 Å². The molecular weight excluding hydrogens is 234 g/mol. The second-order valence-corrected chi connectivity index (χ2v) is 4.72. The van der Waals surface area contributed by atoms with Crippen LogP contribution in [-0.2, 0) is 23.2 Å². The normalized spacial score (nSPS) is 12.5. The third kappa shape index (κ3) is 3.32. The Morgan fingerprint density at radius 3 is 2.33 bits per heavy atom. The van der Waals surface area contributed by atoms with Gasteiger partial charge in [-0.15, -0.1) is 0 Å². The lowest BCUT2D eigenvalue weighted by atomic mass is 10.0. The number of carbonyl (C=O) groups is 2. The Labute approximate surface area is 106 Å². The molecule has 0 bridgehead atoms. The summed E-state index contributed by atoms with van der Waals surface area (Å²) in [4.78, 5) is 34.7. The molecule has 0 aliphatic carbocycles. The highest BCUT2D eigenvalue weighted by Gasteiger charge is 2.20. The molecule has 1 aromatic heterocycles. The van der Waals surface area contributed by atoms with Gasteiger partial charge in [-0.05, 0) is 12.8 Å². The first-order valence-corrected chi connectivity index (χ1v) is 5.84. The summed E-state index contributed by atoms with van der Waals surface area (Å²) in [5.74, 6) is -0.394. The standard InChI is InChI=1S/C12H19N3O3/c1-8(2)11(9(3)16)13-10(17)7-15-6-5-14(4)12(15)18/h5-6,8,11H,7H2,1-4H3,(H,13,17). The fourth-order valence-electron chi connectivity index (χ4n) is 1.74. The molecule has 0 radical (unpaired) electrons. The van der Waals surface area contributed by atoms with Crippen LogP contribution < -0.4 is 11.0 Å². The van der Waals surface area contributed by atoms with Crippen LogP contribution >= 0.6 is 0 Å². The summed E-state index contributed by atoms with van der Waals surface area (Å²) < 4.78 is 2.69. The van der Waals surface area contributed by atoms with Crippen LogP contribution in [0.1, 0.15) is 20.8 Å². The van der Waals surface area contributed by atoms with E-state index >= 15 is 0 Å². The van der Waals surface area contributed by atoms with Crippen LogP contribution in [0, 0.1) is 5.92 Å². The number of carbonyl (C=O) groups excluding carboxylic acids is 2. The molecule has 18 heavy (non-hydrogen) atoms. The summed E-state index contributed by atoms with van der Waals surface area (Å²) in [6, 6.07) is -0.503. The number of Topliss-reactive ketones (excluding diaryl/α,β-unsaturated/α-hetero) is 1. The van der Waals surface area contributed by atoms with E-state index in [4.69, 9.17) is 0 Å². The Morgan fingerprint density at radius 1 is 1.33 bits per heavy atom. The van der Waals surface area contributed by atoms with Gasteiger partial charge in [-0.25, -0.2) is 4.79 Å². The van der Waals surface area contributed by atoms with Gasteiger partial charge in [-0.1, -0.05) is 13.8 Å². The predicted molar refractivity (Wildman–Crippen MR) is 67.1 cm³/mol. The lowest BCUT2D eigenvalue weighted by molar-refractivity contribution is -0.128. The molecule has 6 heteroatoms. The number of amides is 1. The molecule has 0 spiro atoms. The van der Waals surface area contributed by atoms with Crippen molar-refractivity contribution in [3.8, 4) is 0 Å². The third-order valence-corrected chi connectivity index (χ3v) is 2.75. The highest BCUT2D eigenvalue weighted by molar-refractivity contribution is 5.87. The summed E-state index contributed by atoms with van der Waals surface area (Å²) in [6.45, 7) is 5.10. The van der Waals surface area contributed by atoms with Crippen LogP contribution in [-0.4, -0.2) is 26.9 Å². The number of aryl methyl sites for hydroxylation is 1. The van der Waals surface area contributed by atoms with Gasteiger partial charge in [0.1, 0.15) is 6.54 Å². The van der Waals surface area contributed by atoms with Gasteiger partial charge in [-0.2, -0.15) is 0 Å². The minimum Gasteiger partial charge on any atom is -0.344 e. The third-order valence-electron chi connectivity index (χ3n) is 2.75. The largest absolute Gasteiger partial charge is 0.344 e. The van der Waals surface area contributed by atoms with Crippen LogP contribution in [0.2, 0.25) is 0 Å². The fourth-order valence-corrected chi connectivity index (χ4v) is 1.74. The van der Waals surface area contributed by atoms with Crippen LogP contribution in [0.25, 0.3) is 0 Å². The van der Waals surface area contributed by atoms with Crippen molar-refractivity contribution in [1.29, 1.82) is 0 Å². The first-order valence-electron chi connectivity index (χ1n) is 5.84. The van der Waals surface area contributed by atoms with E-state index in [1.807, 2.05) is 13.8 Å². The van der Waals surface area contributed by atoms with Crippen LogP contribution in [0.4, 0.5) is 0 Å². The van der Waals surface area contributed by atoms with Crippen molar-refractivity contribution in [1.82, 2.24) is 14.5 Å². The molecule has 1 heterocycles. The molecule has 1 N–H and O–H groups in total. The molecule has 1 aromatic rings. The second-order valence-electron chi connectivity index (χ2n) is 4.72. The minimum atomic E-state index is -0.503. The van der Waals surface area contributed by atoms with E-state index in [1.165, 1.54) is 16.1 Å². The zero-order valence-corrected chi connectivity index (χ0v) is 11.1. The van der Waals surface area contributed by atoms with Crippen molar-refractivity contribution in [3.05, 3.63) is 22.9 Å². The molecule has 0 aromatic carbocycles. The fraction of sp³-hybridized carbons (Fsp3) is 0.583. The summed E-state index contributed by atoms with van der Waals surface area (Å²) in [5.41, 5.74) is -0.255. The van der Waals surface area contributed by atoms with E-state index in [1.54, 1.807) is 19.4 Å². The summed E-state index contributed by atoms with van der Waals surface area (Å²) in [6.07, 6.45) is 3.13. The Balaban J connectivity index is 2.69. The molecule has 1 amide bonds. The number of nitrogens with one attached hydrogen (secondary N) is 1. The zero-order chi connectivity index (χ0) is 13.9. The number of ketones is 1. The second kappa shape index (κ2) is 5.66. The number of rotatable bonds is 5. The topological polar surface area (TPSA) is 73.1 Å². The summed E-state index contributed by atoms with van der Waals surface area (Å²) in [7, 11) is 1.61. The van der Waals surface area contributed by atoms with Crippen molar-refractivity contribution >= 4 is 11.7 Å². The maximum Gasteiger partial charge on any atom is 0.328 e. The Bertz CT molecular complexity index is 499. The highest BCUT2D eigenvalue weighted by Crippen LogP contribution is 2.02. The van der Waals surface area contributed by atoms with Gasteiger partial charge in [0, 0.05) is 19.4 Å². The predicted octanol–water partition coefficient (Wildman–Crippen LogP) is -0.0834. The average molecular weight is 253 g/mol. The SMILES string of the molecule is CC(=O)C(NC(=O)Cn1ccn(C)c1=O)C(C)C. The Kier molecular flexibility index (Phi) is 4.47. The number of hydrogen-bond acceptors (Lipinski definition) is 3. The summed E-state index contributed by atoms with van der Waals surface area (Å²) in [5, 5.41) is 2.64. The first kappa shape index (κ1) is 14.2. The first-order chi connectivity index (χ1) is 8.32. The molecule has 0 fully saturated rings.